The molecule has 16 heavy (non-hydrogen) atoms. The minimum Gasteiger partial charge on any atom is -0.243 e. The second-order valence-electron chi connectivity index (χ2n) is 2.97. The van der Waals surface area contributed by atoms with E-state index < -0.39 is 0 Å². The zero-order valence-corrected chi connectivity index (χ0v) is 13.0. The van der Waals surface area contributed by atoms with Crippen molar-refractivity contribution in [3.8, 4) is 11.1 Å². The Hall–Kier alpha value is 0.0900. The number of rotatable bonds is 1. The van der Waals surface area contributed by atoms with Gasteiger partial charge in [0.2, 0.25) is 0 Å². The molecule has 0 saturated heterocycles. The van der Waals surface area contributed by atoms with Crippen LogP contribution in [0.4, 0.5) is 0 Å². The van der Waals surface area contributed by atoms with Crippen LogP contribution in [0, 0.1) is 3.57 Å². The van der Waals surface area contributed by atoms with Crippen LogP contribution in [-0.2, 0) is 0 Å². The molecule has 2 aromatic rings. The molecule has 0 saturated carbocycles. The van der Waals surface area contributed by atoms with E-state index in [1.807, 2.05) is 0 Å². The number of nitrogens with zero attached hydrogens (tertiary/aromatic N) is 2. The van der Waals surface area contributed by atoms with Crippen molar-refractivity contribution in [2.45, 2.75) is 0 Å². The number of halogens is 4. The summed E-state index contributed by atoms with van der Waals surface area (Å²) in [6.45, 7) is 0. The number of hydrogen-bond acceptors (Lipinski definition) is 2. The normalized spacial score (nSPS) is 10.5. The van der Waals surface area contributed by atoms with E-state index in [0.717, 1.165) is 19.2 Å². The molecule has 0 radical (unpaired) electrons. The molecule has 0 aromatic carbocycles. The van der Waals surface area contributed by atoms with E-state index in [9.17, 15) is 0 Å². The zero-order chi connectivity index (χ0) is 11.7. The van der Waals surface area contributed by atoms with Crippen molar-refractivity contribution < 1.29 is 0 Å². The van der Waals surface area contributed by atoms with Gasteiger partial charge < -0.3 is 0 Å². The molecular weight excluding hydrogens is 426 g/mol. The van der Waals surface area contributed by atoms with Crippen LogP contribution in [0.15, 0.2) is 29.0 Å². The molecular formula is C10H4BrCl2IN2. The van der Waals surface area contributed by atoms with Gasteiger partial charge in [-0.1, -0.05) is 23.2 Å². The molecule has 0 amide bonds. The van der Waals surface area contributed by atoms with Crippen LogP contribution in [0.1, 0.15) is 0 Å². The van der Waals surface area contributed by atoms with Gasteiger partial charge in [0, 0.05) is 31.6 Å². The third-order valence-electron chi connectivity index (χ3n) is 1.93. The molecule has 0 spiro atoms. The van der Waals surface area contributed by atoms with Gasteiger partial charge >= 0.3 is 0 Å². The second-order valence-corrected chi connectivity index (χ2v) is 5.76. The summed E-state index contributed by atoms with van der Waals surface area (Å²) < 4.78 is 1.88. The van der Waals surface area contributed by atoms with E-state index in [-0.39, 0.29) is 0 Å². The summed E-state index contributed by atoms with van der Waals surface area (Å²) in [5.41, 5.74) is 1.94. The average Bonchev–Trinajstić information content (AvgIpc) is 2.25. The highest BCUT2D eigenvalue weighted by Crippen LogP contribution is 2.33. The summed E-state index contributed by atoms with van der Waals surface area (Å²) in [7, 11) is 0. The highest BCUT2D eigenvalue weighted by atomic mass is 127. The van der Waals surface area contributed by atoms with Crippen molar-refractivity contribution in [2.24, 2.45) is 0 Å². The third-order valence-corrected chi connectivity index (χ3v) is 3.84. The Bertz CT molecular complexity index is 499. The molecule has 0 aliphatic rings. The smallest absolute Gasteiger partial charge is 0.129 e. The number of hydrogen-bond donors (Lipinski definition) is 0. The zero-order valence-electron chi connectivity index (χ0n) is 7.72. The summed E-state index contributed by atoms with van der Waals surface area (Å²) in [5, 5.41) is 0.900. The van der Waals surface area contributed by atoms with Crippen molar-refractivity contribution in [1.82, 2.24) is 9.97 Å². The monoisotopic (exact) mass is 428 g/mol. The van der Waals surface area contributed by atoms with Crippen molar-refractivity contribution in [3.05, 3.63) is 42.9 Å². The summed E-state index contributed by atoms with van der Waals surface area (Å²) in [6, 6.07) is 3.60. The van der Waals surface area contributed by atoms with Crippen LogP contribution in [0.25, 0.3) is 11.1 Å². The lowest BCUT2D eigenvalue weighted by atomic mass is 10.1. The maximum atomic E-state index is 5.88. The molecule has 2 aromatic heterocycles. The highest BCUT2D eigenvalue weighted by molar-refractivity contribution is 14.1. The van der Waals surface area contributed by atoms with Gasteiger partial charge in [0.25, 0.3) is 0 Å². The third kappa shape index (κ3) is 2.67. The molecule has 0 unspecified atom stereocenters. The number of aromatic nitrogens is 2. The van der Waals surface area contributed by atoms with Gasteiger partial charge in [0.15, 0.2) is 0 Å². The van der Waals surface area contributed by atoms with E-state index in [1.54, 1.807) is 24.5 Å². The lowest BCUT2D eigenvalue weighted by Crippen LogP contribution is -1.88. The maximum Gasteiger partial charge on any atom is 0.129 e. The van der Waals surface area contributed by atoms with Crippen molar-refractivity contribution >= 4 is 61.7 Å². The van der Waals surface area contributed by atoms with Gasteiger partial charge in [0.05, 0.1) is 0 Å². The Kier molecular flexibility index (Phi) is 4.05. The summed E-state index contributed by atoms with van der Waals surface area (Å²) in [5.74, 6) is 0. The first kappa shape index (κ1) is 12.5. The van der Waals surface area contributed by atoms with Crippen LogP contribution in [0.3, 0.4) is 0 Å². The Morgan fingerprint density at radius 2 is 1.56 bits per heavy atom. The fourth-order valence-corrected chi connectivity index (χ4v) is 2.57. The van der Waals surface area contributed by atoms with Gasteiger partial charge in [-0.15, -0.1) is 0 Å². The molecule has 0 fully saturated rings. The Balaban J connectivity index is 2.66. The van der Waals surface area contributed by atoms with Crippen molar-refractivity contribution in [1.29, 1.82) is 0 Å². The molecule has 0 bridgehead atoms. The first-order valence-electron chi connectivity index (χ1n) is 4.20. The largest absolute Gasteiger partial charge is 0.243 e. The van der Waals surface area contributed by atoms with E-state index in [0.29, 0.717) is 10.3 Å². The molecule has 0 aliphatic heterocycles. The standard InChI is InChI=1S/C10H4BrCl2IN2/c11-7-3-15-9(12)1-5(7)6-2-10(13)16-4-8(6)14/h1-4H. The lowest BCUT2D eigenvalue weighted by Gasteiger charge is -2.07. The topological polar surface area (TPSA) is 25.8 Å². The van der Waals surface area contributed by atoms with Gasteiger partial charge in [-0.25, -0.2) is 9.97 Å². The SMILES string of the molecule is Clc1cc(-c2cc(Cl)ncc2I)c(Br)cn1. The maximum absolute atomic E-state index is 5.88. The van der Waals surface area contributed by atoms with Crippen molar-refractivity contribution in [2.75, 3.05) is 0 Å². The molecule has 0 aliphatic carbocycles. The summed E-state index contributed by atoms with van der Waals surface area (Å²) in [4.78, 5) is 8.00. The molecule has 2 heterocycles. The Morgan fingerprint density at radius 1 is 1.00 bits per heavy atom. The average molecular weight is 430 g/mol. The molecule has 2 nitrogen and oxygen atoms in total. The van der Waals surface area contributed by atoms with E-state index in [2.05, 4.69) is 48.5 Å². The van der Waals surface area contributed by atoms with E-state index in [4.69, 9.17) is 23.2 Å². The quantitative estimate of drug-likeness (QED) is 0.480. The number of pyridine rings is 2. The predicted molar refractivity (Wildman–Crippen MR) is 77.9 cm³/mol. The Morgan fingerprint density at radius 3 is 2.25 bits per heavy atom. The second kappa shape index (κ2) is 5.16. The van der Waals surface area contributed by atoms with E-state index in [1.165, 1.54) is 0 Å². The summed E-state index contributed by atoms with van der Waals surface area (Å²) >= 11 is 17.4. The van der Waals surface area contributed by atoms with Crippen LogP contribution in [0.5, 0.6) is 0 Å². The molecule has 82 valence electrons. The minimum absolute atomic E-state index is 0.446. The van der Waals surface area contributed by atoms with Gasteiger partial charge in [0.1, 0.15) is 10.3 Å². The van der Waals surface area contributed by atoms with Gasteiger partial charge in [-0.3, -0.25) is 0 Å². The van der Waals surface area contributed by atoms with Crippen LogP contribution < -0.4 is 0 Å². The highest BCUT2D eigenvalue weighted by Gasteiger charge is 2.09. The molecule has 6 heteroatoms. The lowest BCUT2D eigenvalue weighted by molar-refractivity contribution is 1.28. The summed E-state index contributed by atoms with van der Waals surface area (Å²) in [6.07, 6.45) is 3.39. The van der Waals surface area contributed by atoms with Gasteiger partial charge in [-0.05, 0) is 50.7 Å². The minimum atomic E-state index is 0.446. The van der Waals surface area contributed by atoms with Crippen molar-refractivity contribution in [3.63, 3.8) is 0 Å². The molecule has 0 atom stereocenters. The fourth-order valence-electron chi connectivity index (χ4n) is 1.24. The van der Waals surface area contributed by atoms with Gasteiger partial charge in [-0.2, -0.15) is 0 Å². The molecule has 2 rings (SSSR count). The predicted octanol–water partition coefficient (Wildman–Crippen LogP) is 4.82. The molecule has 0 N–H and O–H groups in total. The fraction of sp³-hybridized carbons (Fsp3) is 0. The van der Waals surface area contributed by atoms with E-state index >= 15 is 0 Å². The Labute approximate surface area is 125 Å². The first-order valence-corrected chi connectivity index (χ1v) is 6.83. The van der Waals surface area contributed by atoms with Crippen LogP contribution in [0.2, 0.25) is 10.3 Å². The first-order chi connectivity index (χ1) is 7.58. The van der Waals surface area contributed by atoms with Crippen LogP contribution in [-0.4, -0.2) is 9.97 Å². The van der Waals surface area contributed by atoms with Crippen LogP contribution >= 0.6 is 61.7 Å².